The van der Waals surface area contributed by atoms with E-state index in [-0.39, 0.29) is 30.4 Å². The third-order valence-electron chi connectivity index (χ3n) is 8.91. The Kier molecular flexibility index (Phi) is 10.2. The topological polar surface area (TPSA) is 107 Å². The van der Waals surface area contributed by atoms with Gasteiger partial charge in [-0.15, -0.1) is 12.4 Å². The lowest BCUT2D eigenvalue weighted by Crippen LogP contribution is -2.19. The maximum Gasteiger partial charge on any atom is 0.419 e. The van der Waals surface area contributed by atoms with Crippen LogP contribution >= 0.6 is 44.3 Å². The first-order chi connectivity index (χ1) is 23.0. The first-order valence-corrected chi connectivity index (χ1v) is 17.4. The summed E-state index contributed by atoms with van der Waals surface area (Å²) in [5, 5.41) is 9.18. The second-order valence-corrected chi connectivity index (χ2v) is 14.2. The van der Waals surface area contributed by atoms with E-state index in [0.29, 0.717) is 0 Å². The fourth-order valence-corrected chi connectivity index (χ4v) is 7.53. The summed E-state index contributed by atoms with van der Waals surface area (Å²) in [5.74, 6) is 0.922. The zero-order valence-electron chi connectivity index (χ0n) is 26.7. The van der Waals surface area contributed by atoms with E-state index in [1.807, 2.05) is 32.0 Å². The van der Waals surface area contributed by atoms with Crippen LogP contribution in [-0.4, -0.2) is 29.9 Å². The number of nitrogens with zero attached hydrogens (tertiary/aromatic N) is 4. The van der Waals surface area contributed by atoms with Gasteiger partial charge in [0, 0.05) is 65.9 Å². The van der Waals surface area contributed by atoms with Crippen LogP contribution in [0.1, 0.15) is 77.2 Å². The van der Waals surface area contributed by atoms with E-state index >= 15 is 0 Å². The van der Waals surface area contributed by atoms with Crippen LogP contribution in [-0.2, 0) is 19.0 Å². The molecule has 2 atom stereocenters. The van der Waals surface area contributed by atoms with Gasteiger partial charge in [0.25, 0.3) is 0 Å². The molecule has 0 saturated carbocycles. The summed E-state index contributed by atoms with van der Waals surface area (Å²) in [6, 6.07) is 14.7. The first kappa shape index (κ1) is 35.2. The minimum atomic E-state index is -4.43. The molecular weight excluding hydrogens is 785 g/mol. The van der Waals surface area contributed by atoms with Crippen molar-refractivity contribution in [1.82, 2.24) is 29.9 Å². The van der Waals surface area contributed by atoms with Crippen LogP contribution < -0.4 is 10.6 Å². The first-order valence-electron chi connectivity index (χ1n) is 15.9. The molecule has 6 aromatic rings. The maximum absolute atomic E-state index is 12.6. The third-order valence-corrected chi connectivity index (χ3v) is 9.89. The number of nitrogens with one attached hydrogen (secondary N) is 4. The Morgan fingerprint density at radius 1 is 0.714 bits per heavy atom. The van der Waals surface area contributed by atoms with Gasteiger partial charge in [0.1, 0.15) is 0 Å². The zero-order valence-corrected chi connectivity index (χ0v) is 30.7. The van der Waals surface area contributed by atoms with E-state index in [0.717, 1.165) is 82.0 Å². The number of halogens is 6. The van der Waals surface area contributed by atoms with Crippen molar-refractivity contribution < 1.29 is 13.2 Å². The fourth-order valence-electron chi connectivity index (χ4n) is 6.81. The van der Waals surface area contributed by atoms with Crippen LogP contribution in [0.4, 0.5) is 25.1 Å². The Balaban J connectivity index is 0.000000167. The van der Waals surface area contributed by atoms with Gasteiger partial charge in [-0.25, -0.2) is 19.9 Å². The summed E-state index contributed by atoms with van der Waals surface area (Å²) in [5.41, 5.74) is 8.41. The summed E-state index contributed by atoms with van der Waals surface area (Å²) < 4.78 is 40.0. The van der Waals surface area contributed by atoms with Gasteiger partial charge >= 0.3 is 6.18 Å². The van der Waals surface area contributed by atoms with Crippen molar-refractivity contribution in [3.05, 3.63) is 103 Å². The van der Waals surface area contributed by atoms with Gasteiger partial charge in [-0.3, -0.25) is 0 Å². The molecule has 0 saturated heterocycles. The van der Waals surface area contributed by atoms with Crippen LogP contribution in [0.15, 0.2) is 63.8 Å². The number of rotatable bonds is 4. The molecule has 0 bridgehead atoms. The highest BCUT2D eigenvalue weighted by Crippen LogP contribution is 2.39. The molecule has 0 amide bonds. The lowest BCUT2D eigenvalue weighted by atomic mass is 9.92. The highest BCUT2D eigenvalue weighted by molar-refractivity contribution is 9.10. The predicted octanol–water partition coefficient (Wildman–Crippen LogP) is 10.5. The molecule has 0 aliphatic heterocycles. The number of aromatic amines is 2. The number of anilines is 2. The van der Waals surface area contributed by atoms with E-state index in [9.17, 15) is 13.2 Å². The van der Waals surface area contributed by atoms with Gasteiger partial charge < -0.3 is 20.6 Å². The van der Waals surface area contributed by atoms with Gasteiger partial charge in [0.2, 0.25) is 11.9 Å². The van der Waals surface area contributed by atoms with Crippen molar-refractivity contribution in [2.75, 3.05) is 10.6 Å². The van der Waals surface area contributed by atoms with Crippen molar-refractivity contribution >= 4 is 78.0 Å². The van der Waals surface area contributed by atoms with E-state index < -0.39 is 11.7 Å². The van der Waals surface area contributed by atoms with Crippen molar-refractivity contribution in [1.29, 1.82) is 0 Å². The molecule has 2 aliphatic rings. The number of aromatic nitrogens is 6. The maximum atomic E-state index is 12.6. The number of aryl methyl sites for hydroxylation is 4. The van der Waals surface area contributed by atoms with Crippen LogP contribution in [0.2, 0.25) is 0 Å². The molecule has 14 heteroatoms. The number of hydrogen-bond acceptors (Lipinski definition) is 6. The Bertz CT molecular complexity index is 2090. The lowest BCUT2D eigenvalue weighted by Gasteiger charge is -2.24. The smallest absolute Gasteiger partial charge is 0.356 e. The number of alkyl halides is 3. The van der Waals surface area contributed by atoms with E-state index in [4.69, 9.17) is 0 Å². The van der Waals surface area contributed by atoms with Gasteiger partial charge in [-0.05, 0) is 106 Å². The molecule has 49 heavy (non-hydrogen) atoms. The molecule has 4 heterocycles. The molecule has 0 spiro atoms. The molecule has 4 aromatic heterocycles. The average Bonchev–Trinajstić information content (AvgIpc) is 3.60. The Morgan fingerprint density at radius 3 is 1.65 bits per heavy atom. The van der Waals surface area contributed by atoms with Crippen molar-refractivity contribution in [3.8, 4) is 0 Å². The molecule has 2 aliphatic carbocycles. The predicted molar refractivity (Wildman–Crippen MR) is 196 cm³/mol. The SMILES string of the molecule is Cc1cc(C)nc(NC2CCCc3c2[nH]c2ccc(Br)cc32)n1.Cl.FC(F)(F)c1cnc(NC2CCCc3c2[nH]c2ccc(Br)cc32)nc1. The quantitative estimate of drug-likeness (QED) is 0.141. The van der Waals surface area contributed by atoms with Gasteiger partial charge in [0.05, 0.1) is 17.6 Å². The van der Waals surface area contributed by atoms with Gasteiger partial charge in [0.15, 0.2) is 0 Å². The van der Waals surface area contributed by atoms with Gasteiger partial charge in [-0.2, -0.15) is 13.2 Å². The largest absolute Gasteiger partial charge is 0.419 e. The van der Waals surface area contributed by atoms with Crippen LogP contribution in [0, 0.1) is 13.8 Å². The molecule has 256 valence electrons. The average molecular weight is 819 g/mol. The molecular formula is C35H34Br2ClF3N8. The van der Waals surface area contributed by atoms with Crippen LogP contribution in [0.3, 0.4) is 0 Å². The number of fused-ring (bicyclic) bond motifs is 6. The van der Waals surface area contributed by atoms with E-state index in [1.54, 1.807) is 0 Å². The summed E-state index contributed by atoms with van der Waals surface area (Å²) in [4.78, 5) is 23.7. The molecule has 8 nitrogen and oxygen atoms in total. The zero-order chi connectivity index (χ0) is 33.6. The minimum absolute atomic E-state index is 0. The highest BCUT2D eigenvalue weighted by atomic mass is 79.9. The summed E-state index contributed by atoms with van der Waals surface area (Å²) in [7, 11) is 0. The Labute approximate surface area is 304 Å². The lowest BCUT2D eigenvalue weighted by molar-refractivity contribution is -0.138. The number of benzene rings is 2. The standard InChI is InChI=1S/C18H19BrN4.C17H14BrF3N4.ClH/c1-10-8-11(2)21-18(20-10)23-16-5-3-4-13-14-9-12(19)6-7-15(14)22-17(13)16;18-10-4-5-13-12(6-10)11-2-1-3-14(15(11)24-13)25-16-22-7-9(8-23-16)17(19,20)21;/h6-9,16,22H,3-5H2,1-2H3,(H,20,21,23);4-8,14,24H,1-3H2,(H,22,23,25);1H. The Hall–Kier alpha value is -3.68. The number of hydrogen-bond donors (Lipinski definition) is 4. The Morgan fingerprint density at radius 2 is 1.18 bits per heavy atom. The number of H-pyrrole nitrogens is 2. The van der Waals surface area contributed by atoms with Crippen LogP contribution in [0.25, 0.3) is 21.8 Å². The summed E-state index contributed by atoms with van der Waals surface area (Å²) in [6.07, 6.45) is 3.40. The van der Waals surface area contributed by atoms with Crippen molar-refractivity contribution in [3.63, 3.8) is 0 Å². The normalized spacial score (nSPS) is 17.0. The van der Waals surface area contributed by atoms with E-state index in [2.05, 4.69) is 96.7 Å². The van der Waals surface area contributed by atoms with Crippen LogP contribution in [0.5, 0.6) is 0 Å². The minimum Gasteiger partial charge on any atom is -0.356 e. The van der Waals surface area contributed by atoms with Crippen molar-refractivity contribution in [2.24, 2.45) is 0 Å². The van der Waals surface area contributed by atoms with E-state index in [1.165, 1.54) is 39.5 Å². The molecule has 8 rings (SSSR count). The highest BCUT2D eigenvalue weighted by Gasteiger charge is 2.32. The monoisotopic (exact) mass is 816 g/mol. The second kappa shape index (κ2) is 14.3. The second-order valence-electron chi connectivity index (χ2n) is 12.4. The molecule has 0 radical (unpaired) electrons. The molecule has 2 aromatic carbocycles. The van der Waals surface area contributed by atoms with Gasteiger partial charge in [-0.1, -0.05) is 31.9 Å². The molecule has 0 fully saturated rings. The molecule has 2 unspecified atom stereocenters. The van der Waals surface area contributed by atoms with Crippen molar-refractivity contribution in [2.45, 2.75) is 70.6 Å². The summed E-state index contributed by atoms with van der Waals surface area (Å²) in [6.45, 7) is 4.01. The third kappa shape index (κ3) is 7.58. The molecule has 4 N–H and O–H groups in total. The summed E-state index contributed by atoms with van der Waals surface area (Å²) >= 11 is 7.08. The fraction of sp³-hybridized carbons (Fsp3) is 0.314.